The highest BCUT2D eigenvalue weighted by molar-refractivity contribution is 7.58. The summed E-state index contributed by atoms with van der Waals surface area (Å²) in [6.45, 7) is 2.04. The Morgan fingerprint density at radius 3 is 2.63 bits per heavy atom. The van der Waals surface area contributed by atoms with Gasteiger partial charge in [0.15, 0.2) is 0 Å². The highest BCUT2D eigenvalue weighted by Crippen LogP contribution is 2.44. The van der Waals surface area contributed by atoms with Crippen molar-refractivity contribution in [2.75, 3.05) is 12.7 Å². The van der Waals surface area contributed by atoms with Gasteiger partial charge in [-0.05, 0) is 26.3 Å². The zero-order valence-corrected chi connectivity index (χ0v) is 11.6. The fraction of sp³-hybridized carbons (Fsp3) is 0.800. The normalized spacial score (nSPS) is 25.3. The third-order valence-electron chi connectivity index (χ3n) is 3.07. The molecule has 3 unspecified atom stereocenters. The Labute approximate surface area is 111 Å². The average molecular weight is 293 g/mol. The van der Waals surface area contributed by atoms with Crippen molar-refractivity contribution in [1.29, 1.82) is 0 Å². The predicted molar refractivity (Wildman–Crippen MR) is 68.9 cm³/mol. The molecule has 1 rings (SSSR count). The van der Waals surface area contributed by atoms with Gasteiger partial charge in [0, 0.05) is 0 Å². The minimum absolute atomic E-state index is 0.435. The van der Waals surface area contributed by atoms with E-state index >= 15 is 0 Å². The average Bonchev–Trinajstić information content (AvgIpc) is 2.80. The zero-order valence-electron chi connectivity index (χ0n) is 10.7. The third-order valence-corrected chi connectivity index (χ3v) is 5.23. The summed E-state index contributed by atoms with van der Waals surface area (Å²) in [5.41, 5.74) is 5.34. The Kier molecular flexibility index (Phi) is 5.49. The topological polar surface area (TPSA) is 142 Å². The van der Waals surface area contributed by atoms with E-state index in [0.717, 1.165) is 6.42 Å². The molecule has 1 heterocycles. The molecule has 0 bridgehead atoms. The second kappa shape index (κ2) is 6.47. The Morgan fingerprint density at radius 2 is 2.21 bits per heavy atom. The second-order valence-corrected chi connectivity index (χ2v) is 7.42. The highest BCUT2D eigenvalue weighted by atomic mass is 31.2. The maximum atomic E-state index is 11.8. The first-order chi connectivity index (χ1) is 8.74. The molecule has 110 valence electrons. The molecule has 0 aromatic heterocycles. The smallest absolute Gasteiger partial charge is 0.326 e. The van der Waals surface area contributed by atoms with Crippen LogP contribution in [0.2, 0.25) is 0 Å². The molecule has 1 saturated heterocycles. The standard InChI is InChI=1S/C10H20N3O5P/c1-6(11)19(17,18)5-8(10(15)16)13-9(14)7-3-2-4-12-7/h6-8,12H,2-5,11H2,1H3,(H,13,14)(H,15,16)(H,17,18)/t6?,7-,8?/m0/s1. The zero-order chi connectivity index (χ0) is 14.6. The van der Waals surface area contributed by atoms with Crippen LogP contribution in [-0.4, -0.2) is 52.4 Å². The monoisotopic (exact) mass is 293 g/mol. The molecule has 19 heavy (non-hydrogen) atoms. The van der Waals surface area contributed by atoms with E-state index in [4.69, 9.17) is 10.8 Å². The van der Waals surface area contributed by atoms with Crippen molar-refractivity contribution >= 4 is 19.2 Å². The van der Waals surface area contributed by atoms with Crippen LogP contribution in [0.5, 0.6) is 0 Å². The van der Waals surface area contributed by atoms with Gasteiger partial charge >= 0.3 is 5.97 Å². The van der Waals surface area contributed by atoms with E-state index in [0.29, 0.717) is 13.0 Å². The molecule has 0 aromatic carbocycles. The van der Waals surface area contributed by atoms with Crippen molar-refractivity contribution in [3.63, 3.8) is 0 Å². The molecular weight excluding hydrogens is 273 g/mol. The summed E-state index contributed by atoms with van der Waals surface area (Å²) in [4.78, 5) is 32.4. The Balaban J connectivity index is 2.65. The van der Waals surface area contributed by atoms with Gasteiger partial charge in [-0.2, -0.15) is 0 Å². The Morgan fingerprint density at radius 1 is 1.58 bits per heavy atom. The van der Waals surface area contributed by atoms with Crippen LogP contribution in [0.25, 0.3) is 0 Å². The third kappa shape index (κ3) is 4.58. The van der Waals surface area contributed by atoms with Crippen LogP contribution in [0, 0.1) is 0 Å². The number of hydrogen-bond acceptors (Lipinski definition) is 5. The largest absolute Gasteiger partial charge is 0.480 e. The molecule has 9 heteroatoms. The number of nitrogens with two attached hydrogens (primary N) is 1. The van der Waals surface area contributed by atoms with Crippen LogP contribution >= 0.6 is 7.37 Å². The number of rotatable bonds is 6. The van der Waals surface area contributed by atoms with Crippen LogP contribution in [0.15, 0.2) is 0 Å². The summed E-state index contributed by atoms with van der Waals surface area (Å²) in [6, 6.07) is -1.84. The van der Waals surface area contributed by atoms with E-state index in [2.05, 4.69) is 10.6 Å². The molecule has 1 aliphatic heterocycles. The molecule has 0 spiro atoms. The van der Waals surface area contributed by atoms with Crippen molar-refractivity contribution in [3.8, 4) is 0 Å². The quantitative estimate of drug-likeness (QED) is 0.390. The lowest BCUT2D eigenvalue weighted by Crippen LogP contribution is -2.50. The van der Waals surface area contributed by atoms with Crippen LogP contribution in [-0.2, 0) is 14.2 Å². The van der Waals surface area contributed by atoms with E-state index in [1.807, 2.05) is 0 Å². The number of carboxylic acid groups (broad SMARTS) is 1. The van der Waals surface area contributed by atoms with Crippen LogP contribution in [0.3, 0.4) is 0 Å². The van der Waals surface area contributed by atoms with Gasteiger partial charge in [-0.3, -0.25) is 9.36 Å². The van der Waals surface area contributed by atoms with Gasteiger partial charge in [-0.25, -0.2) is 4.79 Å². The van der Waals surface area contributed by atoms with E-state index < -0.39 is 43.3 Å². The molecule has 0 radical (unpaired) electrons. The van der Waals surface area contributed by atoms with Gasteiger partial charge in [0.25, 0.3) is 0 Å². The molecule has 4 atom stereocenters. The summed E-state index contributed by atoms with van der Waals surface area (Å²) >= 11 is 0. The molecule has 0 aliphatic carbocycles. The maximum Gasteiger partial charge on any atom is 0.326 e. The summed E-state index contributed by atoms with van der Waals surface area (Å²) in [5.74, 6) is -2.84. The number of carbonyl (C=O) groups excluding carboxylic acids is 1. The lowest BCUT2D eigenvalue weighted by molar-refractivity contribution is -0.141. The highest BCUT2D eigenvalue weighted by Gasteiger charge is 2.34. The van der Waals surface area contributed by atoms with E-state index in [9.17, 15) is 19.0 Å². The van der Waals surface area contributed by atoms with Gasteiger partial charge in [-0.1, -0.05) is 0 Å². The van der Waals surface area contributed by atoms with Crippen molar-refractivity contribution in [2.24, 2.45) is 5.73 Å². The van der Waals surface area contributed by atoms with Gasteiger partial charge < -0.3 is 26.4 Å². The van der Waals surface area contributed by atoms with Gasteiger partial charge in [0.2, 0.25) is 13.3 Å². The molecule has 6 N–H and O–H groups in total. The summed E-state index contributed by atoms with van der Waals surface area (Å²) in [7, 11) is -3.80. The van der Waals surface area contributed by atoms with Crippen molar-refractivity contribution in [1.82, 2.24) is 10.6 Å². The Hall–Kier alpha value is -0.950. The summed E-state index contributed by atoms with van der Waals surface area (Å²) in [5, 5.41) is 14.2. The molecule has 1 fully saturated rings. The second-order valence-electron chi connectivity index (χ2n) is 4.73. The van der Waals surface area contributed by atoms with E-state index in [1.165, 1.54) is 6.92 Å². The van der Waals surface area contributed by atoms with Crippen molar-refractivity contribution < 1.29 is 24.2 Å². The molecule has 1 amide bonds. The van der Waals surface area contributed by atoms with Gasteiger partial charge in [0.1, 0.15) is 6.04 Å². The van der Waals surface area contributed by atoms with Crippen molar-refractivity contribution in [3.05, 3.63) is 0 Å². The first-order valence-corrected chi connectivity index (χ1v) is 7.99. The van der Waals surface area contributed by atoms with Crippen LogP contribution in [0.4, 0.5) is 0 Å². The number of amides is 1. The van der Waals surface area contributed by atoms with E-state index in [1.54, 1.807) is 0 Å². The van der Waals surface area contributed by atoms with E-state index in [-0.39, 0.29) is 0 Å². The summed E-state index contributed by atoms with van der Waals surface area (Å²) in [6.07, 6.45) is 0.898. The summed E-state index contributed by atoms with van der Waals surface area (Å²) < 4.78 is 11.7. The molecule has 0 aromatic rings. The number of carbonyl (C=O) groups is 2. The predicted octanol–water partition coefficient (Wildman–Crippen LogP) is -1.12. The first-order valence-electron chi connectivity index (χ1n) is 6.07. The molecule has 8 nitrogen and oxygen atoms in total. The Bertz CT molecular complexity index is 395. The van der Waals surface area contributed by atoms with Gasteiger partial charge in [0.05, 0.1) is 18.0 Å². The fourth-order valence-corrected chi connectivity index (χ4v) is 2.90. The fourth-order valence-electron chi connectivity index (χ4n) is 1.79. The van der Waals surface area contributed by atoms with Crippen LogP contribution < -0.4 is 16.4 Å². The number of nitrogens with one attached hydrogen (secondary N) is 2. The first kappa shape index (κ1) is 16.1. The van der Waals surface area contributed by atoms with Crippen molar-refractivity contribution in [2.45, 2.75) is 37.6 Å². The number of hydrogen-bond donors (Lipinski definition) is 5. The molecule has 1 aliphatic rings. The lowest BCUT2D eigenvalue weighted by atomic mass is 10.2. The van der Waals surface area contributed by atoms with Crippen LogP contribution in [0.1, 0.15) is 19.8 Å². The van der Waals surface area contributed by atoms with Gasteiger partial charge in [-0.15, -0.1) is 0 Å². The maximum absolute atomic E-state index is 11.8. The minimum atomic E-state index is -3.80. The SMILES string of the molecule is CC(N)P(=O)(O)CC(NC(=O)[C@@H]1CCCN1)C(=O)O. The number of aliphatic carboxylic acids is 1. The minimum Gasteiger partial charge on any atom is -0.480 e. The molecule has 0 saturated carbocycles. The lowest BCUT2D eigenvalue weighted by Gasteiger charge is -2.22. The molecular formula is C10H20N3O5P. The number of carboxylic acids is 1.